The van der Waals surface area contributed by atoms with E-state index in [1.807, 2.05) is 50.2 Å². The standard InChI is InChI=1S/C25H30N4O4/c1-16-4-5-20(14-17(16)2)24(31)26-15-22(30)29-12-10-19(11-13-29)25-27-23(28-33-25)18-6-8-21(32-3)9-7-18/h4-9,14,19,23,28H,10-13,15H2,1-3H3,(H,26,31). The van der Waals surface area contributed by atoms with Crippen molar-refractivity contribution in [2.75, 3.05) is 26.7 Å². The van der Waals surface area contributed by atoms with E-state index in [4.69, 9.17) is 14.6 Å². The third-order valence-corrected chi connectivity index (χ3v) is 6.33. The van der Waals surface area contributed by atoms with E-state index < -0.39 is 0 Å². The van der Waals surface area contributed by atoms with Crippen LogP contribution in [0.25, 0.3) is 0 Å². The van der Waals surface area contributed by atoms with Gasteiger partial charge in [-0.15, -0.1) is 5.48 Å². The Hall–Kier alpha value is -3.39. The Bertz CT molecular complexity index is 1040. The van der Waals surface area contributed by atoms with Crippen molar-refractivity contribution in [2.24, 2.45) is 10.9 Å². The van der Waals surface area contributed by atoms with E-state index >= 15 is 0 Å². The number of amides is 2. The van der Waals surface area contributed by atoms with Crippen LogP contribution in [0.4, 0.5) is 0 Å². The van der Waals surface area contributed by atoms with E-state index in [1.54, 1.807) is 18.1 Å². The summed E-state index contributed by atoms with van der Waals surface area (Å²) in [5, 5.41) is 2.74. The van der Waals surface area contributed by atoms with Crippen LogP contribution in [-0.4, -0.2) is 49.4 Å². The molecule has 1 atom stereocenters. The first-order chi connectivity index (χ1) is 15.9. The number of likely N-dealkylation sites (tertiary alicyclic amines) is 1. The highest BCUT2D eigenvalue weighted by molar-refractivity contribution is 5.96. The number of benzene rings is 2. The lowest BCUT2D eigenvalue weighted by Gasteiger charge is -2.31. The number of carbonyl (C=O) groups excluding carboxylic acids is 2. The van der Waals surface area contributed by atoms with Crippen molar-refractivity contribution in [1.82, 2.24) is 15.7 Å². The number of hydroxylamine groups is 1. The smallest absolute Gasteiger partial charge is 0.251 e. The summed E-state index contributed by atoms with van der Waals surface area (Å²) in [6.45, 7) is 5.18. The molecule has 2 aromatic rings. The summed E-state index contributed by atoms with van der Waals surface area (Å²) in [6, 6.07) is 13.2. The van der Waals surface area contributed by atoms with Crippen LogP contribution in [0.5, 0.6) is 5.75 Å². The van der Waals surface area contributed by atoms with Gasteiger partial charge in [0, 0.05) is 24.6 Å². The molecule has 2 aliphatic rings. The molecule has 33 heavy (non-hydrogen) atoms. The fraction of sp³-hybridized carbons (Fsp3) is 0.400. The number of carbonyl (C=O) groups is 2. The van der Waals surface area contributed by atoms with Crippen LogP contribution in [0.2, 0.25) is 0 Å². The molecule has 2 amide bonds. The van der Waals surface area contributed by atoms with Gasteiger partial charge in [-0.3, -0.25) is 9.59 Å². The summed E-state index contributed by atoms with van der Waals surface area (Å²) in [4.78, 5) is 37.1. The summed E-state index contributed by atoms with van der Waals surface area (Å²) < 4.78 is 5.20. The van der Waals surface area contributed by atoms with E-state index in [0.29, 0.717) is 24.6 Å². The first kappa shape index (κ1) is 22.8. The van der Waals surface area contributed by atoms with Gasteiger partial charge >= 0.3 is 0 Å². The zero-order chi connectivity index (χ0) is 23.4. The molecule has 0 bridgehead atoms. The topological polar surface area (TPSA) is 92.3 Å². The summed E-state index contributed by atoms with van der Waals surface area (Å²) >= 11 is 0. The molecule has 0 saturated carbocycles. The minimum absolute atomic E-state index is 0.00499. The second-order valence-electron chi connectivity index (χ2n) is 8.50. The number of nitrogens with one attached hydrogen (secondary N) is 2. The van der Waals surface area contributed by atoms with Crippen LogP contribution in [-0.2, 0) is 9.63 Å². The lowest BCUT2D eigenvalue weighted by atomic mass is 9.96. The van der Waals surface area contributed by atoms with Crippen LogP contribution in [0, 0.1) is 19.8 Å². The Morgan fingerprint density at radius 3 is 2.52 bits per heavy atom. The van der Waals surface area contributed by atoms with Gasteiger partial charge < -0.3 is 19.8 Å². The van der Waals surface area contributed by atoms with Gasteiger partial charge in [-0.1, -0.05) is 18.2 Å². The molecule has 0 radical (unpaired) electrons. The SMILES string of the molecule is COc1ccc(C2N=C(C3CCN(C(=O)CNC(=O)c4ccc(C)c(C)c4)CC3)ON2)cc1. The van der Waals surface area contributed by atoms with Gasteiger partial charge in [0.1, 0.15) is 5.75 Å². The minimum Gasteiger partial charge on any atom is -0.497 e. The Morgan fingerprint density at radius 1 is 1.12 bits per heavy atom. The molecule has 2 N–H and O–H groups in total. The molecule has 4 rings (SSSR count). The first-order valence-electron chi connectivity index (χ1n) is 11.2. The summed E-state index contributed by atoms with van der Waals surface area (Å²) in [7, 11) is 1.64. The van der Waals surface area contributed by atoms with E-state index in [1.165, 1.54) is 0 Å². The van der Waals surface area contributed by atoms with Crippen LogP contribution in [0.1, 0.15) is 46.1 Å². The van der Waals surface area contributed by atoms with Gasteiger partial charge in [0.15, 0.2) is 6.17 Å². The fourth-order valence-corrected chi connectivity index (χ4v) is 4.04. The number of rotatable bonds is 6. The second-order valence-corrected chi connectivity index (χ2v) is 8.50. The van der Waals surface area contributed by atoms with Crippen molar-refractivity contribution in [1.29, 1.82) is 0 Å². The largest absolute Gasteiger partial charge is 0.497 e. The second kappa shape index (κ2) is 10.0. The van der Waals surface area contributed by atoms with Crippen molar-refractivity contribution in [3.05, 3.63) is 64.7 Å². The quantitative estimate of drug-likeness (QED) is 0.706. The van der Waals surface area contributed by atoms with Crippen LogP contribution in [0.3, 0.4) is 0 Å². The molecule has 174 valence electrons. The molecule has 1 unspecified atom stereocenters. The molecular formula is C25H30N4O4. The van der Waals surface area contributed by atoms with Gasteiger partial charge in [-0.05, 0) is 67.6 Å². The number of hydrogen-bond donors (Lipinski definition) is 2. The number of piperidine rings is 1. The molecule has 1 saturated heterocycles. The maximum atomic E-state index is 12.6. The predicted molar refractivity (Wildman–Crippen MR) is 125 cm³/mol. The molecule has 2 aliphatic heterocycles. The molecule has 2 aromatic carbocycles. The molecule has 8 heteroatoms. The van der Waals surface area contributed by atoms with Crippen molar-refractivity contribution >= 4 is 17.7 Å². The predicted octanol–water partition coefficient (Wildman–Crippen LogP) is 2.91. The molecule has 0 aliphatic carbocycles. The van der Waals surface area contributed by atoms with Gasteiger partial charge in [0.05, 0.1) is 13.7 Å². The van der Waals surface area contributed by atoms with Gasteiger partial charge in [-0.25, -0.2) is 4.99 Å². The molecule has 2 heterocycles. The normalized spacial score (nSPS) is 18.5. The van der Waals surface area contributed by atoms with Crippen molar-refractivity contribution in [3.63, 3.8) is 0 Å². The maximum Gasteiger partial charge on any atom is 0.251 e. The van der Waals surface area contributed by atoms with Crippen molar-refractivity contribution in [2.45, 2.75) is 32.9 Å². The van der Waals surface area contributed by atoms with Crippen molar-refractivity contribution < 1.29 is 19.2 Å². The Kier molecular flexibility index (Phi) is 6.93. The van der Waals surface area contributed by atoms with E-state index in [9.17, 15) is 9.59 Å². The van der Waals surface area contributed by atoms with Crippen LogP contribution in [0.15, 0.2) is 47.5 Å². The van der Waals surface area contributed by atoms with Gasteiger partial charge in [0.25, 0.3) is 5.91 Å². The highest BCUT2D eigenvalue weighted by Gasteiger charge is 2.31. The Morgan fingerprint density at radius 2 is 1.85 bits per heavy atom. The van der Waals surface area contributed by atoms with E-state index in [2.05, 4.69) is 10.8 Å². The third kappa shape index (κ3) is 5.34. The average molecular weight is 451 g/mol. The lowest BCUT2D eigenvalue weighted by molar-refractivity contribution is -0.131. The number of aliphatic imine (C=N–C) groups is 1. The maximum absolute atomic E-state index is 12.6. The summed E-state index contributed by atoms with van der Waals surface area (Å²) in [6.07, 6.45) is 1.30. The minimum atomic E-state index is -0.244. The van der Waals surface area contributed by atoms with E-state index in [0.717, 1.165) is 35.3 Å². The molecule has 0 aromatic heterocycles. The van der Waals surface area contributed by atoms with Crippen LogP contribution >= 0.6 is 0 Å². The van der Waals surface area contributed by atoms with Crippen LogP contribution < -0.4 is 15.5 Å². The number of aryl methyl sites for hydroxylation is 2. The highest BCUT2D eigenvalue weighted by atomic mass is 16.7. The summed E-state index contributed by atoms with van der Waals surface area (Å²) in [5.74, 6) is 1.34. The number of nitrogens with zero attached hydrogens (tertiary/aromatic N) is 2. The van der Waals surface area contributed by atoms with Gasteiger partial charge in [-0.2, -0.15) is 0 Å². The molecular weight excluding hydrogens is 420 g/mol. The zero-order valence-electron chi connectivity index (χ0n) is 19.3. The Balaban J connectivity index is 1.25. The van der Waals surface area contributed by atoms with Gasteiger partial charge in [0.2, 0.25) is 11.8 Å². The third-order valence-electron chi connectivity index (χ3n) is 6.33. The lowest BCUT2D eigenvalue weighted by Crippen LogP contribution is -2.45. The zero-order valence-corrected chi connectivity index (χ0v) is 19.3. The first-order valence-corrected chi connectivity index (χ1v) is 11.2. The summed E-state index contributed by atoms with van der Waals surface area (Å²) in [5.41, 5.74) is 6.73. The number of ether oxygens (including phenoxy) is 1. The van der Waals surface area contributed by atoms with Crippen molar-refractivity contribution in [3.8, 4) is 5.75 Å². The Labute approximate surface area is 193 Å². The molecule has 0 spiro atoms. The average Bonchev–Trinajstić information content (AvgIpc) is 3.34. The fourth-order valence-electron chi connectivity index (χ4n) is 4.04. The molecule has 1 fully saturated rings. The molecule has 8 nitrogen and oxygen atoms in total. The monoisotopic (exact) mass is 450 g/mol. The number of hydrogen-bond acceptors (Lipinski definition) is 6. The van der Waals surface area contributed by atoms with E-state index in [-0.39, 0.29) is 30.4 Å². The highest BCUT2D eigenvalue weighted by Crippen LogP contribution is 2.27. The number of methoxy groups -OCH3 is 1.